The number of nitrogens with two attached hydrogens (primary N) is 1. The van der Waals surface area contributed by atoms with Gasteiger partial charge in [0.1, 0.15) is 18.3 Å². The second kappa shape index (κ2) is 8.71. The van der Waals surface area contributed by atoms with Crippen molar-refractivity contribution in [2.75, 3.05) is 13.9 Å². The summed E-state index contributed by atoms with van der Waals surface area (Å²) in [6, 6.07) is 6.97. The molecule has 0 fully saturated rings. The van der Waals surface area contributed by atoms with Gasteiger partial charge >= 0.3 is 0 Å². The second-order valence-electron chi connectivity index (χ2n) is 6.92. The van der Waals surface area contributed by atoms with E-state index in [0.717, 1.165) is 0 Å². The van der Waals surface area contributed by atoms with Crippen molar-refractivity contribution in [3.8, 4) is 11.5 Å². The number of rotatable bonds is 8. The minimum absolute atomic E-state index is 0.0241. The Labute approximate surface area is 167 Å². The molecule has 29 heavy (non-hydrogen) atoms. The standard InChI is InChI=1S/C21H23NO7/c1-11(22)6-17(29-10-27-2)28-9-12-7-14-19(16(24)8-12)21(26)18-13(20(14)25)4-3-5-15(18)23/h3-5,7-8,11,17,23-24H,6,9-10,22H2,1-2H3/t11-,17-/m0/s1. The summed E-state index contributed by atoms with van der Waals surface area (Å²) in [7, 11) is 1.49. The third kappa shape index (κ3) is 4.30. The number of fused-ring (bicyclic) bond motifs is 2. The molecule has 0 bridgehead atoms. The van der Waals surface area contributed by atoms with Gasteiger partial charge in [-0.1, -0.05) is 12.1 Å². The lowest BCUT2D eigenvalue weighted by molar-refractivity contribution is -0.197. The van der Waals surface area contributed by atoms with Crippen molar-refractivity contribution < 1.29 is 34.0 Å². The molecule has 3 rings (SSSR count). The van der Waals surface area contributed by atoms with Gasteiger partial charge in [-0.25, -0.2) is 0 Å². The molecule has 1 aliphatic rings. The highest BCUT2D eigenvalue weighted by Crippen LogP contribution is 2.37. The second-order valence-corrected chi connectivity index (χ2v) is 6.92. The van der Waals surface area contributed by atoms with E-state index >= 15 is 0 Å². The Morgan fingerprint density at radius 1 is 1.00 bits per heavy atom. The molecule has 4 N–H and O–H groups in total. The van der Waals surface area contributed by atoms with Crippen LogP contribution >= 0.6 is 0 Å². The van der Waals surface area contributed by atoms with Gasteiger partial charge in [-0.15, -0.1) is 0 Å². The molecule has 2 atom stereocenters. The monoisotopic (exact) mass is 401 g/mol. The predicted octanol–water partition coefficient (Wildman–Crippen LogP) is 2.07. The molecule has 0 heterocycles. The molecule has 0 aliphatic heterocycles. The molecular formula is C21H23NO7. The first-order chi connectivity index (χ1) is 13.8. The van der Waals surface area contributed by atoms with Gasteiger partial charge in [-0.2, -0.15) is 0 Å². The highest BCUT2D eigenvalue weighted by Gasteiger charge is 2.34. The lowest BCUT2D eigenvalue weighted by Gasteiger charge is -2.22. The first-order valence-electron chi connectivity index (χ1n) is 9.08. The first kappa shape index (κ1) is 20.9. The summed E-state index contributed by atoms with van der Waals surface area (Å²) in [5.41, 5.74) is 6.21. The Hall–Kier alpha value is -2.78. The maximum Gasteiger partial charge on any atom is 0.201 e. The van der Waals surface area contributed by atoms with E-state index in [1.54, 1.807) is 0 Å². The highest BCUT2D eigenvalue weighted by atomic mass is 16.7. The zero-order valence-corrected chi connectivity index (χ0v) is 16.2. The normalized spacial score (nSPS) is 15.0. The van der Waals surface area contributed by atoms with E-state index < -0.39 is 17.9 Å². The molecule has 2 aromatic carbocycles. The summed E-state index contributed by atoms with van der Waals surface area (Å²) in [6.45, 7) is 1.87. The molecule has 0 amide bonds. The smallest absolute Gasteiger partial charge is 0.201 e. The number of hydrogen-bond donors (Lipinski definition) is 3. The van der Waals surface area contributed by atoms with E-state index in [2.05, 4.69) is 0 Å². The van der Waals surface area contributed by atoms with Crippen LogP contribution in [-0.2, 0) is 20.8 Å². The van der Waals surface area contributed by atoms with Crippen molar-refractivity contribution in [3.05, 3.63) is 58.1 Å². The Balaban J connectivity index is 1.88. The molecule has 2 aromatic rings. The maximum absolute atomic E-state index is 12.9. The van der Waals surface area contributed by atoms with E-state index in [1.165, 1.54) is 37.4 Å². The lowest BCUT2D eigenvalue weighted by Crippen LogP contribution is -2.28. The van der Waals surface area contributed by atoms with E-state index in [0.29, 0.717) is 12.0 Å². The molecular weight excluding hydrogens is 378 g/mol. The summed E-state index contributed by atoms with van der Waals surface area (Å²) < 4.78 is 16.0. The number of benzene rings is 2. The summed E-state index contributed by atoms with van der Waals surface area (Å²) in [5.74, 6) is -1.71. The Morgan fingerprint density at radius 2 is 1.72 bits per heavy atom. The van der Waals surface area contributed by atoms with E-state index in [1.807, 2.05) is 6.92 Å². The van der Waals surface area contributed by atoms with Crippen molar-refractivity contribution >= 4 is 11.6 Å². The van der Waals surface area contributed by atoms with Crippen LogP contribution in [0.2, 0.25) is 0 Å². The molecule has 0 unspecified atom stereocenters. The zero-order valence-electron chi connectivity index (χ0n) is 16.2. The Kier molecular flexibility index (Phi) is 6.29. The fourth-order valence-electron chi connectivity index (χ4n) is 3.24. The van der Waals surface area contributed by atoms with Crippen molar-refractivity contribution in [2.45, 2.75) is 32.3 Å². The zero-order chi connectivity index (χ0) is 21.1. The largest absolute Gasteiger partial charge is 0.507 e. The molecule has 154 valence electrons. The fourth-order valence-corrected chi connectivity index (χ4v) is 3.24. The van der Waals surface area contributed by atoms with Crippen LogP contribution in [0, 0.1) is 0 Å². The van der Waals surface area contributed by atoms with Crippen LogP contribution in [-0.4, -0.2) is 48.0 Å². The van der Waals surface area contributed by atoms with Crippen LogP contribution in [0.15, 0.2) is 30.3 Å². The van der Waals surface area contributed by atoms with Crippen LogP contribution in [0.1, 0.15) is 50.8 Å². The molecule has 8 heteroatoms. The third-order valence-corrected chi connectivity index (χ3v) is 4.54. The summed E-state index contributed by atoms with van der Waals surface area (Å²) in [5, 5.41) is 20.4. The molecule has 0 saturated heterocycles. The van der Waals surface area contributed by atoms with Crippen molar-refractivity contribution in [2.24, 2.45) is 5.73 Å². The van der Waals surface area contributed by atoms with Crippen molar-refractivity contribution in [3.63, 3.8) is 0 Å². The van der Waals surface area contributed by atoms with Gasteiger partial charge in [0, 0.05) is 30.7 Å². The quantitative estimate of drug-likeness (QED) is 0.490. The molecule has 0 saturated carbocycles. The van der Waals surface area contributed by atoms with Crippen LogP contribution in [0.25, 0.3) is 0 Å². The Bertz CT molecular complexity index is 939. The summed E-state index contributed by atoms with van der Waals surface area (Å²) in [4.78, 5) is 25.6. The van der Waals surface area contributed by atoms with Gasteiger partial charge in [0.2, 0.25) is 5.78 Å². The molecule has 0 spiro atoms. The van der Waals surface area contributed by atoms with Crippen LogP contribution in [0.5, 0.6) is 11.5 Å². The van der Waals surface area contributed by atoms with Gasteiger partial charge in [0.05, 0.1) is 17.7 Å². The highest BCUT2D eigenvalue weighted by molar-refractivity contribution is 6.30. The molecule has 0 aromatic heterocycles. The van der Waals surface area contributed by atoms with Gasteiger partial charge in [-0.05, 0) is 30.7 Å². The minimum Gasteiger partial charge on any atom is -0.507 e. The summed E-state index contributed by atoms with van der Waals surface area (Å²) in [6.07, 6.45) is -0.215. The summed E-state index contributed by atoms with van der Waals surface area (Å²) >= 11 is 0. The number of phenols is 2. The average molecular weight is 401 g/mol. The van der Waals surface area contributed by atoms with Gasteiger partial charge in [0.25, 0.3) is 0 Å². The predicted molar refractivity (Wildman–Crippen MR) is 103 cm³/mol. The minimum atomic E-state index is -0.636. The molecule has 1 aliphatic carbocycles. The van der Waals surface area contributed by atoms with Crippen molar-refractivity contribution in [1.82, 2.24) is 0 Å². The average Bonchev–Trinajstić information content (AvgIpc) is 2.67. The molecule has 8 nitrogen and oxygen atoms in total. The number of phenolic OH excluding ortho intramolecular Hbond substituents is 2. The first-order valence-corrected chi connectivity index (χ1v) is 9.08. The van der Waals surface area contributed by atoms with Gasteiger partial charge in [0.15, 0.2) is 12.1 Å². The van der Waals surface area contributed by atoms with Crippen LogP contribution in [0.3, 0.4) is 0 Å². The van der Waals surface area contributed by atoms with E-state index in [-0.39, 0.29) is 53.2 Å². The topological polar surface area (TPSA) is 128 Å². The number of ketones is 2. The van der Waals surface area contributed by atoms with Crippen molar-refractivity contribution in [1.29, 1.82) is 0 Å². The Morgan fingerprint density at radius 3 is 2.41 bits per heavy atom. The maximum atomic E-state index is 12.9. The fraction of sp³-hybridized carbons (Fsp3) is 0.333. The number of carbonyl (C=O) groups excluding carboxylic acids is 2. The SMILES string of the molecule is COCO[C@@H](C[C@H](C)N)OCc1cc(O)c2c(c1)C(=O)c1cccc(O)c1C2=O. The van der Waals surface area contributed by atoms with Gasteiger partial charge < -0.3 is 30.2 Å². The van der Waals surface area contributed by atoms with Crippen LogP contribution < -0.4 is 5.73 Å². The van der Waals surface area contributed by atoms with E-state index in [9.17, 15) is 19.8 Å². The number of carbonyl (C=O) groups is 2. The van der Waals surface area contributed by atoms with Gasteiger partial charge in [-0.3, -0.25) is 9.59 Å². The van der Waals surface area contributed by atoms with E-state index in [4.69, 9.17) is 19.9 Å². The number of methoxy groups -OCH3 is 1. The number of ether oxygens (including phenoxy) is 3. The lowest BCUT2D eigenvalue weighted by atomic mass is 9.82. The number of hydrogen-bond acceptors (Lipinski definition) is 8. The molecule has 0 radical (unpaired) electrons. The number of aromatic hydroxyl groups is 2. The van der Waals surface area contributed by atoms with Crippen LogP contribution in [0.4, 0.5) is 0 Å². The third-order valence-electron chi connectivity index (χ3n) is 4.54.